The van der Waals surface area contributed by atoms with Crippen molar-refractivity contribution in [3.63, 3.8) is 0 Å². The third kappa shape index (κ3) is 2.44. The summed E-state index contributed by atoms with van der Waals surface area (Å²) in [5.74, 6) is 1.01. The number of anilines is 1. The second-order valence-electron chi connectivity index (χ2n) is 5.77. The minimum absolute atomic E-state index is 0.0980. The van der Waals surface area contributed by atoms with Crippen molar-refractivity contribution in [2.75, 3.05) is 25.1 Å². The lowest BCUT2D eigenvalue weighted by Crippen LogP contribution is -2.54. The molecule has 0 bridgehead atoms. The molecule has 1 aromatic rings. The summed E-state index contributed by atoms with van der Waals surface area (Å²) in [4.78, 5) is 34.0. The number of rotatable bonds is 3. The molecule has 8 heteroatoms. The van der Waals surface area contributed by atoms with Gasteiger partial charge in [0.25, 0.3) is 5.91 Å². The van der Waals surface area contributed by atoms with Crippen LogP contribution in [0.1, 0.15) is 19.8 Å². The molecule has 2 aliphatic rings. The molecule has 1 unspecified atom stereocenters. The summed E-state index contributed by atoms with van der Waals surface area (Å²) in [7, 11) is 1.57. The molecule has 0 aromatic carbocycles. The Morgan fingerprint density at radius 2 is 2.09 bits per heavy atom. The molecule has 22 heavy (non-hydrogen) atoms. The van der Waals surface area contributed by atoms with E-state index < -0.39 is 11.6 Å². The second kappa shape index (κ2) is 5.43. The number of carbonyl (C=O) groups excluding carboxylic acids is 2. The Bertz CT molecular complexity index is 600. The van der Waals surface area contributed by atoms with E-state index >= 15 is 0 Å². The predicted octanol–water partition coefficient (Wildman–Crippen LogP) is 0.300. The van der Waals surface area contributed by atoms with Crippen LogP contribution in [0.15, 0.2) is 12.3 Å². The Morgan fingerprint density at radius 3 is 2.68 bits per heavy atom. The number of methoxy groups -OCH3 is 1. The zero-order valence-electron chi connectivity index (χ0n) is 12.6. The molecule has 118 valence electrons. The predicted molar refractivity (Wildman–Crippen MR) is 78.6 cm³/mol. The smallest absolute Gasteiger partial charge is 0.322 e. The van der Waals surface area contributed by atoms with Gasteiger partial charge in [-0.05, 0) is 25.7 Å². The van der Waals surface area contributed by atoms with Gasteiger partial charge in [-0.3, -0.25) is 10.1 Å². The molecule has 3 rings (SSSR count). The molecule has 0 saturated carbocycles. The molecule has 2 saturated heterocycles. The van der Waals surface area contributed by atoms with Crippen LogP contribution in [-0.4, -0.2) is 47.6 Å². The summed E-state index contributed by atoms with van der Waals surface area (Å²) >= 11 is 0. The SMILES string of the molecule is COc1ccnc(N2CCC(C3(C)NC(=O)NC3=O)CC2)n1. The first kappa shape index (κ1) is 14.6. The minimum Gasteiger partial charge on any atom is -0.481 e. The summed E-state index contributed by atoms with van der Waals surface area (Å²) in [6.45, 7) is 3.25. The monoisotopic (exact) mass is 305 g/mol. The number of aromatic nitrogens is 2. The van der Waals surface area contributed by atoms with Crippen LogP contribution < -0.4 is 20.3 Å². The highest BCUT2D eigenvalue weighted by Crippen LogP contribution is 2.31. The number of ether oxygens (including phenoxy) is 1. The molecule has 3 amide bonds. The van der Waals surface area contributed by atoms with Gasteiger partial charge in [-0.15, -0.1) is 0 Å². The number of amides is 3. The maximum atomic E-state index is 12.0. The van der Waals surface area contributed by atoms with Crippen molar-refractivity contribution in [2.45, 2.75) is 25.3 Å². The van der Waals surface area contributed by atoms with E-state index in [9.17, 15) is 9.59 Å². The Morgan fingerprint density at radius 1 is 1.36 bits per heavy atom. The fourth-order valence-corrected chi connectivity index (χ4v) is 3.10. The summed E-state index contributed by atoms with van der Waals surface area (Å²) in [6, 6.07) is 1.29. The van der Waals surface area contributed by atoms with E-state index in [0.717, 1.165) is 25.9 Å². The zero-order chi connectivity index (χ0) is 15.7. The number of nitrogens with zero attached hydrogens (tertiary/aromatic N) is 3. The largest absolute Gasteiger partial charge is 0.481 e. The van der Waals surface area contributed by atoms with Gasteiger partial charge in [0.15, 0.2) is 0 Å². The molecule has 0 radical (unpaired) electrons. The van der Waals surface area contributed by atoms with E-state index in [4.69, 9.17) is 4.74 Å². The van der Waals surface area contributed by atoms with Gasteiger partial charge in [0, 0.05) is 25.4 Å². The molecule has 3 heterocycles. The average Bonchev–Trinajstić information content (AvgIpc) is 2.81. The van der Waals surface area contributed by atoms with Gasteiger partial charge in [0.05, 0.1) is 7.11 Å². The van der Waals surface area contributed by atoms with E-state index in [-0.39, 0.29) is 11.8 Å². The van der Waals surface area contributed by atoms with E-state index in [1.807, 2.05) is 0 Å². The number of hydrogen-bond donors (Lipinski definition) is 2. The Labute approximate surface area is 128 Å². The Hall–Kier alpha value is -2.38. The normalized spacial score (nSPS) is 25.8. The van der Waals surface area contributed by atoms with Crippen LogP contribution in [0.3, 0.4) is 0 Å². The summed E-state index contributed by atoms with van der Waals surface area (Å²) in [6.07, 6.45) is 3.23. The summed E-state index contributed by atoms with van der Waals surface area (Å²) in [5.41, 5.74) is -0.821. The van der Waals surface area contributed by atoms with Crippen molar-refractivity contribution in [2.24, 2.45) is 5.92 Å². The maximum Gasteiger partial charge on any atom is 0.322 e. The van der Waals surface area contributed by atoms with Gasteiger partial charge in [-0.1, -0.05) is 0 Å². The number of carbonyl (C=O) groups is 2. The van der Waals surface area contributed by atoms with Crippen molar-refractivity contribution in [1.82, 2.24) is 20.6 Å². The Balaban J connectivity index is 1.67. The number of urea groups is 1. The van der Waals surface area contributed by atoms with E-state index in [0.29, 0.717) is 11.8 Å². The maximum absolute atomic E-state index is 12.0. The van der Waals surface area contributed by atoms with Crippen molar-refractivity contribution in [3.05, 3.63) is 12.3 Å². The third-order valence-electron chi connectivity index (χ3n) is 4.49. The van der Waals surface area contributed by atoms with Gasteiger partial charge < -0.3 is 15.0 Å². The molecular weight excluding hydrogens is 286 g/mol. The topological polar surface area (TPSA) is 96.5 Å². The highest BCUT2D eigenvalue weighted by molar-refractivity contribution is 6.06. The third-order valence-corrected chi connectivity index (χ3v) is 4.49. The zero-order valence-corrected chi connectivity index (χ0v) is 12.6. The van der Waals surface area contributed by atoms with Crippen LogP contribution in [0.25, 0.3) is 0 Å². The molecular formula is C14H19N5O3. The minimum atomic E-state index is -0.821. The first-order chi connectivity index (χ1) is 10.5. The van der Waals surface area contributed by atoms with Crippen LogP contribution in [-0.2, 0) is 4.79 Å². The molecule has 8 nitrogen and oxygen atoms in total. The second-order valence-corrected chi connectivity index (χ2v) is 5.77. The lowest BCUT2D eigenvalue weighted by molar-refractivity contribution is -0.125. The molecule has 1 atom stereocenters. The average molecular weight is 305 g/mol. The lowest BCUT2D eigenvalue weighted by Gasteiger charge is -2.38. The summed E-state index contributed by atoms with van der Waals surface area (Å²) in [5, 5.41) is 5.07. The van der Waals surface area contributed by atoms with Crippen molar-refractivity contribution in [3.8, 4) is 5.88 Å². The van der Waals surface area contributed by atoms with Crippen molar-refractivity contribution in [1.29, 1.82) is 0 Å². The van der Waals surface area contributed by atoms with Crippen molar-refractivity contribution < 1.29 is 14.3 Å². The van der Waals surface area contributed by atoms with E-state index in [1.54, 1.807) is 26.3 Å². The highest BCUT2D eigenvalue weighted by Gasteiger charge is 2.48. The van der Waals surface area contributed by atoms with E-state index in [2.05, 4.69) is 25.5 Å². The standard InChI is InChI=1S/C14H19N5O3/c1-14(11(20)17-13(21)18-14)9-4-7-19(8-5-9)12-15-6-3-10(16-12)22-2/h3,6,9H,4-5,7-8H2,1-2H3,(H2,17,18,20,21). The van der Waals surface area contributed by atoms with Crippen LogP contribution in [0.4, 0.5) is 10.7 Å². The van der Waals surface area contributed by atoms with Gasteiger partial charge >= 0.3 is 6.03 Å². The summed E-state index contributed by atoms with van der Waals surface area (Å²) < 4.78 is 5.11. The van der Waals surface area contributed by atoms with Crippen LogP contribution in [0.5, 0.6) is 5.88 Å². The number of hydrogen-bond acceptors (Lipinski definition) is 6. The molecule has 1 aromatic heterocycles. The molecule has 2 N–H and O–H groups in total. The van der Waals surface area contributed by atoms with Crippen LogP contribution >= 0.6 is 0 Å². The van der Waals surface area contributed by atoms with Gasteiger partial charge in [-0.2, -0.15) is 4.98 Å². The van der Waals surface area contributed by atoms with Gasteiger partial charge in [0.1, 0.15) is 5.54 Å². The fraction of sp³-hybridized carbons (Fsp3) is 0.571. The number of nitrogens with one attached hydrogen (secondary N) is 2. The molecule has 0 spiro atoms. The number of imide groups is 1. The number of piperidine rings is 1. The molecule has 2 fully saturated rings. The van der Waals surface area contributed by atoms with Gasteiger partial charge in [0.2, 0.25) is 11.8 Å². The van der Waals surface area contributed by atoms with E-state index in [1.165, 1.54) is 0 Å². The Kier molecular flexibility index (Phi) is 3.59. The first-order valence-electron chi connectivity index (χ1n) is 7.28. The highest BCUT2D eigenvalue weighted by atomic mass is 16.5. The molecule has 0 aliphatic carbocycles. The first-order valence-corrected chi connectivity index (χ1v) is 7.28. The van der Waals surface area contributed by atoms with Gasteiger partial charge in [-0.25, -0.2) is 9.78 Å². The quantitative estimate of drug-likeness (QED) is 0.780. The van der Waals surface area contributed by atoms with Crippen molar-refractivity contribution >= 4 is 17.9 Å². The lowest BCUT2D eigenvalue weighted by atomic mass is 9.79. The van der Waals surface area contributed by atoms with Crippen LogP contribution in [0.2, 0.25) is 0 Å². The van der Waals surface area contributed by atoms with Crippen LogP contribution in [0, 0.1) is 5.92 Å². The fourth-order valence-electron chi connectivity index (χ4n) is 3.10. The molecule has 2 aliphatic heterocycles.